The number of carbonyl (C=O) groups excluding carboxylic acids is 1. The lowest BCUT2D eigenvalue weighted by atomic mass is 10.0. The Morgan fingerprint density at radius 3 is 2.13 bits per heavy atom. The lowest BCUT2D eigenvalue weighted by molar-refractivity contribution is -0.384. The standard InChI is InChI=1S/C25H17NO5/c27-24-22-13-17-5-1-3-7-20(17)21-8-4-2-6-18(21)14-23(22)25(31-24)30-15-16-9-11-19(12-10-16)26(28)29/h1-14,25H,15H2. The molecule has 1 heterocycles. The van der Waals surface area contributed by atoms with Crippen LogP contribution in [0.5, 0.6) is 0 Å². The van der Waals surface area contributed by atoms with Gasteiger partial charge in [-0.1, -0.05) is 48.5 Å². The fraction of sp³-hybridized carbons (Fsp3) is 0.0800. The van der Waals surface area contributed by atoms with Crippen LogP contribution in [0.3, 0.4) is 0 Å². The quantitative estimate of drug-likeness (QED) is 0.375. The number of rotatable bonds is 4. The van der Waals surface area contributed by atoms with Crippen LogP contribution < -0.4 is 10.4 Å². The first kappa shape index (κ1) is 19.0. The average Bonchev–Trinajstić information content (AvgIpc) is 3.06. The summed E-state index contributed by atoms with van der Waals surface area (Å²) in [7, 11) is 0. The zero-order chi connectivity index (χ0) is 21.4. The Bertz CT molecular complexity index is 1450. The van der Waals surface area contributed by atoms with Crippen LogP contribution in [0, 0.1) is 20.6 Å². The third-order valence-electron chi connectivity index (χ3n) is 5.37. The van der Waals surface area contributed by atoms with Crippen LogP contribution in [0.15, 0.2) is 83.9 Å². The Labute approximate surface area is 176 Å². The monoisotopic (exact) mass is 411 g/mol. The molecule has 5 rings (SSSR count). The van der Waals surface area contributed by atoms with Crippen molar-refractivity contribution in [3.05, 3.63) is 120 Å². The molecule has 0 fully saturated rings. The predicted octanol–water partition coefficient (Wildman–Crippen LogP) is 2.85. The lowest BCUT2D eigenvalue weighted by Crippen LogP contribution is -2.17. The van der Waals surface area contributed by atoms with Gasteiger partial charge in [0, 0.05) is 17.7 Å². The smallest absolute Gasteiger partial charge is 0.341 e. The first-order chi connectivity index (χ1) is 15.1. The second kappa shape index (κ2) is 7.66. The van der Waals surface area contributed by atoms with E-state index in [2.05, 4.69) is 6.07 Å². The second-order valence-electron chi connectivity index (χ2n) is 7.30. The third kappa shape index (κ3) is 3.53. The summed E-state index contributed by atoms with van der Waals surface area (Å²) in [5, 5.41) is 14.8. The number of cyclic esters (lactones) is 1. The van der Waals surface area contributed by atoms with Crippen LogP contribution in [0.25, 0.3) is 12.2 Å². The largest absolute Gasteiger partial charge is 0.428 e. The van der Waals surface area contributed by atoms with Crippen LogP contribution in [-0.4, -0.2) is 17.2 Å². The molecule has 0 saturated carbocycles. The Kier molecular flexibility index (Phi) is 4.69. The van der Waals surface area contributed by atoms with Gasteiger partial charge in [-0.2, -0.15) is 0 Å². The van der Waals surface area contributed by atoms with Gasteiger partial charge in [-0.15, -0.1) is 0 Å². The van der Waals surface area contributed by atoms with E-state index >= 15 is 0 Å². The van der Waals surface area contributed by atoms with Gasteiger partial charge >= 0.3 is 5.97 Å². The Morgan fingerprint density at radius 2 is 1.48 bits per heavy atom. The maximum Gasteiger partial charge on any atom is 0.341 e. The molecule has 31 heavy (non-hydrogen) atoms. The number of esters is 1. The summed E-state index contributed by atoms with van der Waals surface area (Å²) in [5.41, 5.74) is 1.89. The number of ether oxygens (including phenoxy) is 2. The number of hydrogen-bond donors (Lipinski definition) is 0. The fourth-order valence-corrected chi connectivity index (χ4v) is 3.83. The summed E-state index contributed by atoms with van der Waals surface area (Å²) < 4.78 is 11.4. The molecule has 0 N–H and O–H groups in total. The van der Waals surface area contributed by atoms with Gasteiger partial charge < -0.3 is 9.47 Å². The van der Waals surface area contributed by atoms with Crippen LogP contribution in [-0.2, 0) is 20.9 Å². The van der Waals surface area contributed by atoms with Gasteiger partial charge in [0.25, 0.3) is 5.69 Å². The molecule has 1 atom stereocenters. The van der Waals surface area contributed by atoms with Crippen molar-refractivity contribution in [2.75, 3.05) is 0 Å². The molecule has 6 heteroatoms. The van der Waals surface area contributed by atoms with Crippen molar-refractivity contribution in [2.24, 2.45) is 0 Å². The van der Waals surface area contributed by atoms with Crippen molar-refractivity contribution in [2.45, 2.75) is 12.9 Å². The van der Waals surface area contributed by atoms with Crippen LogP contribution in [0.1, 0.15) is 5.56 Å². The highest BCUT2D eigenvalue weighted by molar-refractivity contribution is 6.03. The molecule has 0 bridgehead atoms. The van der Waals surface area contributed by atoms with Gasteiger partial charge in [-0.25, -0.2) is 4.79 Å². The number of fused-ring (bicyclic) bond motifs is 2. The molecular weight excluding hydrogens is 394 g/mol. The number of nitro groups is 1. The Morgan fingerprint density at radius 1 is 0.871 bits per heavy atom. The predicted molar refractivity (Wildman–Crippen MR) is 114 cm³/mol. The number of benzene rings is 3. The average molecular weight is 411 g/mol. The molecule has 2 aliphatic rings. The van der Waals surface area contributed by atoms with E-state index in [1.807, 2.05) is 54.6 Å². The molecule has 3 aromatic rings. The van der Waals surface area contributed by atoms with E-state index < -0.39 is 17.2 Å². The summed E-state index contributed by atoms with van der Waals surface area (Å²) in [5.74, 6) is -0.436. The summed E-state index contributed by atoms with van der Waals surface area (Å²) in [6.07, 6.45) is 2.92. The number of non-ortho nitro benzene ring substituents is 1. The molecule has 0 aromatic heterocycles. The van der Waals surface area contributed by atoms with Gasteiger partial charge in [0.1, 0.15) is 0 Å². The normalized spacial score (nSPS) is 16.6. The zero-order valence-corrected chi connectivity index (χ0v) is 16.4. The van der Waals surface area contributed by atoms with Crippen molar-refractivity contribution < 1.29 is 19.2 Å². The van der Waals surface area contributed by atoms with Crippen molar-refractivity contribution >= 4 is 23.8 Å². The SMILES string of the molecule is O=C1OC(OCc2ccc([N+](=O)[O-])cc2)C2=C1C=c1ccccc1=c1ccccc1=C2. The van der Waals surface area contributed by atoms with Gasteiger partial charge in [0.15, 0.2) is 0 Å². The highest BCUT2D eigenvalue weighted by Gasteiger charge is 2.32. The summed E-state index contributed by atoms with van der Waals surface area (Å²) in [4.78, 5) is 23.0. The van der Waals surface area contributed by atoms with E-state index in [1.165, 1.54) is 12.1 Å². The van der Waals surface area contributed by atoms with Crippen molar-refractivity contribution in [1.82, 2.24) is 0 Å². The minimum atomic E-state index is -0.854. The first-order valence-electron chi connectivity index (χ1n) is 9.78. The highest BCUT2D eigenvalue weighted by Crippen LogP contribution is 2.27. The zero-order valence-electron chi connectivity index (χ0n) is 16.4. The van der Waals surface area contributed by atoms with E-state index in [1.54, 1.807) is 12.1 Å². The molecule has 6 nitrogen and oxygen atoms in total. The van der Waals surface area contributed by atoms with E-state index in [0.717, 1.165) is 26.4 Å². The minimum absolute atomic E-state index is 0.0132. The van der Waals surface area contributed by atoms with E-state index in [-0.39, 0.29) is 12.3 Å². The number of nitro benzene ring substituents is 1. The molecule has 3 aromatic carbocycles. The number of hydrogen-bond acceptors (Lipinski definition) is 5. The highest BCUT2D eigenvalue weighted by atomic mass is 16.7. The summed E-state index contributed by atoms with van der Waals surface area (Å²) in [6.45, 7) is 0.152. The van der Waals surface area contributed by atoms with E-state index in [0.29, 0.717) is 11.1 Å². The molecule has 0 radical (unpaired) electrons. The van der Waals surface area contributed by atoms with Gasteiger partial charge in [-0.3, -0.25) is 10.1 Å². The first-order valence-corrected chi connectivity index (χ1v) is 9.78. The minimum Gasteiger partial charge on any atom is -0.428 e. The van der Waals surface area contributed by atoms with Crippen molar-refractivity contribution in [1.29, 1.82) is 0 Å². The topological polar surface area (TPSA) is 78.7 Å². The van der Waals surface area contributed by atoms with Crippen LogP contribution in [0.2, 0.25) is 0 Å². The summed E-state index contributed by atoms with van der Waals surface area (Å²) in [6, 6.07) is 22.0. The van der Waals surface area contributed by atoms with Gasteiger partial charge in [0.05, 0.1) is 17.1 Å². The maximum atomic E-state index is 12.7. The number of nitrogens with zero attached hydrogens (tertiary/aromatic N) is 1. The molecule has 0 amide bonds. The van der Waals surface area contributed by atoms with E-state index in [4.69, 9.17) is 9.47 Å². The molecule has 0 spiro atoms. The molecular formula is C25H17NO5. The molecule has 1 unspecified atom stereocenters. The third-order valence-corrected chi connectivity index (χ3v) is 5.37. The van der Waals surface area contributed by atoms with Gasteiger partial charge in [-0.05, 0) is 50.7 Å². The van der Waals surface area contributed by atoms with Crippen LogP contribution in [0.4, 0.5) is 5.69 Å². The maximum absolute atomic E-state index is 12.7. The van der Waals surface area contributed by atoms with Crippen molar-refractivity contribution in [3.8, 4) is 0 Å². The second-order valence-corrected chi connectivity index (χ2v) is 7.30. The summed E-state index contributed by atoms with van der Waals surface area (Å²) >= 11 is 0. The molecule has 1 aliphatic carbocycles. The van der Waals surface area contributed by atoms with Gasteiger partial charge in [0.2, 0.25) is 6.29 Å². The fourth-order valence-electron chi connectivity index (χ4n) is 3.83. The van der Waals surface area contributed by atoms with Crippen molar-refractivity contribution in [3.63, 3.8) is 0 Å². The van der Waals surface area contributed by atoms with Crippen LogP contribution >= 0.6 is 0 Å². The Balaban J connectivity index is 1.55. The Hall–Kier alpha value is -4.03. The lowest BCUT2D eigenvalue weighted by Gasteiger charge is -2.13. The molecule has 152 valence electrons. The number of carbonyl (C=O) groups is 1. The van der Waals surface area contributed by atoms with E-state index in [9.17, 15) is 14.9 Å². The molecule has 0 saturated heterocycles. The molecule has 1 aliphatic heterocycles.